The maximum absolute atomic E-state index is 13.1. The van der Waals surface area contributed by atoms with E-state index in [0.29, 0.717) is 38.2 Å². The van der Waals surface area contributed by atoms with Crippen LogP contribution in [0.15, 0.2) is 36.5 Å². The van der Waals surface area contributed by atoms with Crippen molar-refractivity contribution in [3.8, 4) is 0 Å². The summed E-state index contributed by atoms with van der Waals surface area (Å²) in [6.45, 7) is 10.5. The number of methoxy groups -OCH3 is 1. The molecular weight excluding hydrogens is 486 g/mol. The third-order valence-electron chi connectivity index (χ3n) is 7.28. The zero-order valence-electron chi connectivity index (χ0n) is 21.3. The second-order valence-electron chi connectivity index (χ2n) is 9.71. The molecule has 11 nitrogen and oxygen atoms in total. The van der Waals surface area contributed by atoms with Crippen LogP contribution >= 0.6 is 0 Å². The summed E-state index contributed by atoms with van der Waals surface area (Å²) < 4.78 is 4.97. The maximum Gasteiger partial charge on any atom is 0.328 e. The van der Waals surface area contributed by atoms with Crippen molar-refractivity contribution in [2.24, 2.45) is 0 Å². The molecule has 2 aromatic carbocycles. The number of rotatable bonds is 5. The van der Waals surface area contributed by atoms with Gasteiger partial charge >= 0.3 is 18.0 Å². The second kappa shape index (κ2) is 10.4. The quantitative estimate of drug-likeness (QED) is 0.353. The van der Waals surface area contributed by atoms with Gasteiger partial charge in [0, 0.05) is 43.2 Å². The van der Waals surface area contributed by atoms with E-state index >= 15 is 0 Å². The highest BCUT2D eigenvalue weighted by atomic mass is 16.5. The maximum atomic E-state index is 13.1. The standard InChI is InChI=1S/C27H29N7O4/c1-16-10-17(11-18-14-29-32-24(16)18)12-23(25(35)38-3)31-26(36)33-8-6-21(7-9-33)34-15-19-13-20(28-2)4-5-22(19)30-27(34)37/h4-5,10-11,13-14,21,23H,6-9,12,15H2,1,3H3,(H,29,32)(H,30,37)(H,31,36). The average Bonchev–Trinajstić information content (AvgIpc) is 3.41. The van der Waals surface area contributed by atoms with Gasteiger partial charge in [-0.25, -0.2) is 19.2 Å². The number of nitrogens with one attached hydrogen (secondary N) is 3. The van der Waals surface area contributed by atoms with E-state index < -0.39 is 12.0 Å². The van der Waals surface area contributed by atoms with Crippen LogP contribution in [-0.2, 0) is 22.5 Å². The number of amides is 4. The Morgan fingerprint density at radius 3 is 2.79 bits per heavy atom. The predicted molar refractivity (Wildman–Crippen MR) is 141 cm³/mol. The van der Waals surface area contributed by atoms with E-state index in [4.69, 9.17) is 11.3 Å². The number of nitrogens with zero attached hydrogens (tertiary/aromatic N) is 4. The normalized spacial score (nSPS) is 16.4. The Morgan fingerprint density at radius 1 is 1.26 bits per heavy atom. The van der Waals surface area contributed by atoms with Gasteiger partial charge in [0.2, 0.25) is 0 Å². The number of fused-ring (bicyclic) bond motifs is 2. The molecule has 2 aliphatic rings. The summed E-state index contributed by atoms with van der Waals surface area (Å²) in [4.78, 5) is 45.3. The first-order valence-corrected chi connectivity index (χ1v) is 12.5. The van der Waals surface area contributed by atoms with Gasteiger partial charge in [-0.05, 0) is 54.7 Å². The smallest absolute Gasteiger partial charge is 0.328 e. The fourth-order valence-corrected chi connectivity index (χ4v) is 5.26. The molecule has 3 aromatic rings. The lowest BCUT2D eigenvalue weighted by Crippen LogP contribution is -2.54. The van der Waals surface area contributed by atoms with E-state index in [1.165, 1.54) is 7.11 Å². The molecule has 1 unspecified atom stereocenters. The number of esters is 1. The minimum Gasteiger partial charge on any atom is -0.467 e. The number of hydrogen-bond donors (Lipinski definition) is 3. The zero-order chi connectivity index (χ0) is 26.8. The number of aryl methyl sites for hydroxylation is 1. The number of aromatic amines is 1. The highest BCUT2D eigenvalue weighted by molar-refractivity contribution is 5.93. The van der Waals surface area contributed by atoms with Crippen molar-refractivity contribution < 1.29 is 19.1 Å². The summed E-state index contributed by atoms with van der Waals surface area (Å²) in [6, 6.07) is 7.78. The first kappa shape index (κ1) is 25.1. The van der Waals surface area contributed by atoms with Crippen LogP contribution in [0.5, 0.6) is 0 Å². The van der Waals surface area contributed by atoms with E-state index in [1.54, 1.807) is 34.2 Å². The Balaban J connectivity index is 1.21. The van der Waals surface area contributed by atoms with Crippen molar-refractivity contribution in [1.29, 1.82) is 0 Å². The van der Waals surface area contributed by atoms with Gasteiger partial charge in [-0.3, -0.25) is 5.10 Å². The molecule has 1 saturated heterocycles. The summed E-state index contributed by atoms with van der Waals surface area (Å²) in [5, 5.41) is 13.7. The van der Waals surface area contributed by atoms with Gasteiger partial charge in [-0.1, -0.05) is 12.1 Å². The minimum atomic E-state index is -0.838. The summed E-state index contributed by atoms with van der Waals surface area (Å²) in [6.07, 6.45) is 3.24. The Morgan fingerprint density at radius 2 is 2.05 bits per heavy atom. The van der Waals surface area contributed by atoms with E-state index in [0.717, 1.165) is 33.3 Å². The first-order valence-electron chi connectivity index (χ1n) is 12.5. The molecule has 5 rings (SSSR count). The van der Waals surface area contributed by atoms with Crippen molar-refractivity contribution in [1.82, 2.24) is 25.3 Å². The number of carbonyl (C=O) groups excluding carboxylic acids is 3. The lowest BCUT2D eigenvalue weighted by molar-refractivity contribution is -0.142. The molecule has 0 bridgehead atoms. The second-order valence-corrected chi connectivity index (χ2v) is 9.71. The number of piperidine rings is 1. The van der Waals surface area contributed by atoms with E-state index in [9.17, 15) is 14.4 Å². The molecule has 3 heterocycles. The third kappa shape index (κ3) is 4.98. The topological polar surface area (TPSA) is 124 Å². The Bertz CT molecular complexity index is 1430. The monoisotopic (exact) mass is 515 g/mol. The fraction of sp³-hybridized carbons (Fsp3) is 0.370. The number of benzene rings is 2. The van der Waals surface area contributed by atoms with Crippen LogP contribution < -0.4 is 10.6 Å². The number of H-pyrrole nitrogens is 1. The van der Waals surface area contributed by atoms with Gasteiger partial charge in [0.05, 0.1) is 25.4 Å². The lowest BCUT2D eigenvalue weighted by atomic mass is 10.0. The SMILES string of the molecule is [C-]#[N+]c1ccc2c(c1)CN(C1CCN(C(=O)NC(Cc3cc(C)c4[nH]ncc4c3)C(=O)OC)CC1)C(=O)N2. The van der Waals surface area contributed by atoms with Gasteiger partial charge in [-0.15, -0.1) is 0 Å². The number of aromatic nitrogens is 2. The molecular formula is C27H29N7O4. The largest absolute Gasteiger partial charge is 0.467 e. The fourth-order valence-electron chi connectivity index (χ4n) is 5.26. The predicted octanol–water partition coefficient (Wildman–Crippen LogP) is 3.73. The Labute approximate surface area is 219 Å². The highest BCUT2D eigenvalue weighted by Gasteiger charge is 2.34. The van der Waals surface area contributed by atoms with Gasteiger partial charge < -0.3 is 25.2 Å². The molecule has 11 heteroatoms. The summed E-state index contributed by atoms with van der Waals surface area (Å²) in [5.74, 6) is -0.513. The van der Waals surface area contributed by atoms with E-state index in [-0.39, 0.29) is 24.5 Å². The lowest BCUT2D eigenvalue weighted by Gasteiger charge is -2.40. The molecule has 4 amide bonds. The molecule has 38 heavy (non-hydrogen) atoms. The average molecular weight is 516 g/mol. The van der Waals surface area contributed by atoms with Crippen LogP contribution in [0.3, 0.4) is 0 Å². The van der Waals surface area contributed by atoms with Crippen molar-refractivity contribution in [2.45, 2.75) is 44.8 Å². The summed E-state index contributed by atoms with van der Waals surface area (Å²) in [7, 11) is 1.31. The van der Waals surface area contributed by atoms with E-state index in [1.807, 2.05) is 19.1 Å². The first-order chi connectivity index (χ1) is 18.4. The highest BCUT2D eigenvalue weighted by Crippen LogP contribution is 2.30. The molecule has 1 fully saturated rings. The number of likely N-dealkylation sites (tertiary alicyclic amines) is 1. The van der Waals surface area contributed by atoms with Gasteiger partial charge in [0.25, 0.3) is 0 Å². The molecule has 0 spiro atoms. The van der Waals surface area contributed by atoms with Crippen LogP contribution in [-0.4, -0.2) is 70.3 Å². The van der Waals surface area contributed by atoms with Crippen molar-refractivity contribution in [2.75, 3.05) is 25.5 Å². The molecule has 1 atom stereocenters. The Kier molecular flexibility index (Phi) is 6.87. The molecule has 3 N–H and O–H groups in total. The van der Waals surface area contributed by atoms with Gasteiger partial charge in [0.1, 0.15) is 6.04 Å². The number of ether oxygens (including phenoxy) is 1. The van der Waals surface area contributed by atoms with Crippen LogP contribution in [0.2, 0.25) is 0 Å². The number of carbonyl (C=O) groups is 3. The van der Waals surface area contributed by atoms with Crippen LogP contribution in [0.25, 0.3) is 15.7 Å². The summed E-state index contributed by atoms with van der Waals surface area (Å²) >= 11 is 0. The molecule has 2 aliphatic heterocycles. The van der Waals surface area contributed by atoms with Gasteiger partial charge in [-0.2, -0.15) is 5.10 Å². The van der Waals surface area contributed by atoms with Crippen molar-refractivity contribution >= 4 is 40.3 Å². The zero-order valence-corrected chi connectivity index (χ0v) is 21.3. The number of hydrogen-bond acceptors (Lipinski definition) is 5. The van der Waals surface area contributed by atoms with Crippen LogP contribution in [0.1, 0.15) is 29.5 Å². The third-order valence-corrected chi connectivity index (χ3v) is 7.28. The molecule has 0 saturated carbocycles. The molecule has 0 aliphatic carbocycles. The number of urea groups is 2. The molecule has 196 valence electrons. The molecule has 0 radical (unpaired) electrons. The van der Waals surface area contributed by atoms with Crippen LogP contribution in [0.4, 0.5) is 21.0 Å². The Hall–Kier alpha value is -4.59. The summed E-state index contributed by atoms with van der Waals surface area (Å²) in [5.41, 5.74) is 5.00. The van der Waals surface area contributed by atoms with E-state index in [2.05, 4.69) is 25.7 Å². The van der Waals surface area contributed by atoms with Gasteiger partial charge in [0.15, 0.2) is 5.69 Å². The van der Waals surface area contributed by atoms with Crippen molar-refractivity contribution in [3.63, 3.8) is 0 Å². The van der Waals surface area contributed by atoms with Crippen molar-refractivity contribution in [3.05, 3.63) is 64.6 Å². The minimum absolute atomic E-state index is 0.0372. The number of anilines is 1. The van der Waals surface area contributed by atoms with Crippen LogP contribution in [0, 0.1) is 13.5 Å². The molecule has 1 aromatic heterocycles.